The maximum absolute atomic E-state index is 4.99. The SMILES string of the molecule is CCc1nn(C2CCCC2)c2c1CCN(C)/C2=N\N=C\c1cccs1. The Morgan fingerprint density at radius 3 is 2.92 bits per heavy atom. The number of amidine groups is 1. The minimum absolute atomic E-state index is 0.520. The summed E-state index contributed by atoms with van der Waals surface area (Å²) in [4.78, 5) is 3.35. The third-order valence-electron chi connectivity index (χ3n) is 5.25. The number of hydrogen-bond acceptors (Lipinski definition) is 4. The Morgan fingerprint density at radius 1 is 1.36 bits per heavy atom. The normalized spacial score (nSPS) is 20.1. The van der Waals surface area contributed by atoms with Gasteiger partial charge in [0.05, 0.1) is 18.0 Å². The fourth-order valence-electron chi connectivity index (χ4n) is 3.91. The Kier molecular flexibility index (Phi) is 4.70. The van der Waals surface area contributed by atoms with E-state index in [1.807, 2.05) is 12.3 Å². The maximum atomic E-state index is 4.99. The third-order valence-corrected chi connectivity index (χ3v) is 6.06. The molecule has 0 atom stereocenters. The van der Waals surface area contributed by atoms with Crippen LogP contribution in [0.15, 0.2) is 27.7 Å². The minimum Gasteiger partial charge on any atom is -0.356 e. The third kappa shape index (κ3) is 3.15. The molecule has 1 saturated carbocycles. The molecule has 0 amide bonds. The van der Waals surface area contributed by atoms with Crippen molar-refractivity contribution in [2.75, 3.05) is 13.6 Å². The zero-order valence-corrected chi connectivity index (χ0v) is 15.8. The molecule has 4 rings (SSSR count). The van der Waals surface area contributed by atoms with Crippen molar-refractivity contribution in [3.63, 3.8) is 0 Å². The molecule has 0 spiro atoms. The molecule has 2 aromatic rings. The summed E-state index contributed by atoms with van der Waals surface area (Å²) in [5.74, 6) is 0.966. The number of fused-ring (bicyclic) bond motifs is 1. The predicted octanol–water partition coefficient (Wildman–Crippen LogP) is 3.89. The molecule has 0 unspecified atom stereocenters. The molecule has 1 aliphatic heterocycles. The number of aromatic nitrogens is 2. The van der Waals surface area contributed by atoms with E-state index in [2.05, 4.69) is 45.2 Å². The van der Waals surface area contributed by atoms with Crippen molar-refractivity contribution in [3.05, 3.63) is 39.3 Å². The second-order valence-corrected chi connectivity index (χ2v) is 7.84. The van der Waals surface area contributed by atoms with Crippen LogP contribution in [0.2, 0.25) is 0 Å². The van der Waals surface area contributed by atoms with Crippen molar-refractivity contribution in [1.29, 1.82) is 0 Å². The fourth-order valence-corrected chi connectivity index (χ4v) is 4.49. The summed E-state index contributed by atoms with van der Waals surface area (Å²) in [6.45, 7) is 3.18. The monoisotopic (exact) mass is 355 g/mol. The van der Waals surface area contributed by atoms with Crippen LogP contribution < -0.4 is 0 Å². The van der Waals surface area contributed by atoms with Crippen LogP contribution in [0.1, 0.15) is 60.5 Å². The summed E-state index contributed by atoms with van der Waals surface area (Å²) in [6.07, 6.45) is 8.95. The molecule has 3 heterocycles. The highest BCUT2D eigenvalue weighted by Gasteiger charge is 2.31. The largest absolute Gasteiger partial charge is 0.356 e. The number of likely N-dealkylation sites (N-methyl/N-ethyl adjacent to an activating group) is 1. The van der Waals surface area contributed by atoms with Gasteiger partial charge in [0, 0.05) is 24.0 Å². The lowest BCUT2D eigenvalue weighted by Gasteiger charge is -2.27. The topological polar surface area (TPSA) is 45.8 Å². The van der Waals surface area contributed by atoms with Crippen molar-refractivity contribution in [2.45, 2.75) is 51.5 Å². The molecular formula is C19H25N5S. The number of hydrogen-bond donors (Lipinski definition) is 0. The van der Waals surface area contributed by atoms with Crippen molar-refractivity contribution in [3.8, 4) is 0 Å². The van der Waals surface area contributed by atoms with E-state index in [1.165, 1.54) is 42.6 Å². The molecule has 0 saturated heterocycles. The molecule has 1 aliphatic carbocycles. The molecule has 25 heavy (non-hydrogen) atoms. The lowest BCUT2D eigenvalue weighted by molar-refractivity contribution is 0.440. The molecule has 2 aliphatic rings. The number of nitrogens with zero attached hydrogens (tertiary/aromatic N) is 5. The van der Waals surface area contributed by atoms with E-state index >= 15 is 0 Å². The summed E-state index contributed by atoms with van der Waals surface area (Å²) in [5, 5.41) is 16.1. The second kappa shape index (κ2) is 7.12. The van der Waals surface area contributed by atoms with Crippen LogP contribution in [0, 0.1) is 0 Å². The average Bonchev–Trinajstić information content (AvgIpc) is 3.37. The van der Waals surface area contributed by atoms with E-state index in [0.717, 1.165) is 30.1 Å². The van der Waals surface area contributed by atoms with E-state index in [9.17, 15) is 0 Å². The number of aryl methyl sites for hydroxylation is 1. The van der Waals surface area contributed by atoms with Gasteiger partial charge in [0.2, 0.25) is 0 Å². The van der Waals surface area contributed by atoms with Crippen LogP contribution in [-0.4, -0.2) is 40.3 Å². The van der Waals surface area contributed by atoms with E-state index in [4.69, 9.17) is 5.10 Å². The van der Waals surface area contributed by atoms with E-state index in [0.29, 0.717) is 6.04 Å². The van der Waals surface area contributed by atoms with E-state index in [1.54, 1.807) is 11.3 Å². The van der Waals surface area contributed by atoms with Crippen molar-refractivity contribution < 1.29 is 0 Å². The van der Waals surface area contributed by atoms with Gasteiger partial charge in [-0.05, 0) is 37.1 Å². The molecule has 0 radical (unpaired) electrons. The Hall–Kier alpha value is -1.95. The number of thiophene rings is 1. The summed E-state index contributed by atoms with van der Waals surface area (Å²) in [7, 11) is 2.11. The van der Waals surface area contributed by atoms with Crippen molar-refractivity contribution in [1.82, 2.24) is 14.7 Å². The first-order chi connectivity index (χ1) is 12.3. The summed E-state index contributed by atoms with van der Waals surface area (Å²) in [6, 6.07) is 4.61. The van der Waals surface area contributed by atoms with E-state index in [-0.39, 0.29) is 0 Å². The summed E-state index contributed by atoms with van der Waals surface area (Å²) < 4.78 is 2.27. The molecule has 0 aromatic carbocycles. The smallest absolute Gasteiger partial charge is 0.176 e. The fraction of sp³-hybridized carbons (Fsp3) is 0.526. The Morgan fingerprint density at radius 2 is 2.20 bits per heavy atom. The highest BCUT2D eigenvalue weighted by molar-refractivity contribution is 7.11. The summed E-state index contributed by atoms with van der Waals surface area (Å²) in [5.41, 5.74) is 3.84. The lowest BCUT2D eigenvalue weighted by Crippen LogP contribution is -2.36. The van der Waals surface area contributed by atoms with Gasteiger partial charge in [0.25, 0.3) is 0 Å². The van der Waals surface area contributed by atoms with Crippen LogP contribution >= 0.6 is 11.3 Å². The zero-order valence-electron chi connectivity index (χ0n) is 15.0. The Labute approximate surface area is 153 Å². The molecule has 132 valence electrons. The van der Waals surface area contributed by atoms with Crippen LogP contribution in [0.4, 0.5) is 0 Å². The molecule has 5 nitrogen and oxygen atoms in total. The van der Waals surface area contributed by atoms with Crippen LogP contribution in [-0.2, 0) is 12.8 Å². The van der Waals surface area contributed by atoms with Crippen LogP contribution in [0.5, 0.6) is 0 Å². The van der Waals surface area contributed by atoms with Gasteiger partial charge in [-0.1, -0.05) is 25.8 Å². The second-order valence-electron chi connectivity index (χ2n) is 6.87. The average molecular weight is 356 g/mol. The van der Waals surface area contributed by atoms with Gasteiger partial charge in [-0.15, -0.1) is 16.4 Å². The van der Waals surface area contributed by atoms with Crippen LogP contribution in [0.25, 0.3) is 0 Å². The number of rotatable bonds is 4. The first-order valence-electron chi connectivity index (χ1n) is 9.24. The van der Waals surface area contributed by atoms with Gasteiger partial charge < -0.3 is 4.90 Å². The van der Waals surface area contributed by atoms with Gasteiger partial charge in [0.1, 0.15) is 5.69 Å². The Balaban J connectivity index is 1.75. The molecule has 2 aromatic heterocycles. The standard InChI is InChI=1S/C19H25N5S/c1-3-17-16-10-11-23(2)19(21-20-13-15-9-6-12-25-15)18(16)24(22-17)14-7-4-5-8-14/h6,9,12-14H,3-5,7-8,10-11H2,1-2H3/b20-13+,21-19-. The van der Waals surface area contributed by atoms with Gasteiger partial charge in [-0.3, -0.25) is 4.68 Å². The zero-order chi connectivity index (χ0) is 17.2. The summed E-state index contributed by atoms with van der Waals surface area (Å²) >= 11 is 1.68. The highest BCUT2D eigenvalue weighted by Crippen LogP contribution is 2.33. The van der Waals surface area contributed by atoms with Crippen LogP contribution in [0.3, 0.4) is 0 Å². The maximum Gasteiger partial charge on any atom is 0.176 e. The Bertz CT molecular complexity index is 781. The van der Waals surface area contributed by atoms with Gasteiger partial charge in [-0.2, -0.15) is 10.2 Å². The molecule has 0 N–H and O–H groups in total. The first kappa shape index (κ1) is 16.5. The van der Waals surface area contributed by atoms with Gasteiger partial charge in [0.15, 0.2) is 5.84 Å². The van der Waals surface area contributed by atoms with Gasteiger partial charge >= 0.3 is 0 Å². The molecule has 6 heteroatoms. The molecule has 0 bridgehead atoms. The first-order valence-corrected chi connectivity index (χ1v) is 10.1. The minimum atomic E-state index is 0.520. The van der Waals surface area contributed by atoms with Crippen molar-refractivity contribution >= 4 is 23.4 Å². The molecular weight excluding hydrogens is 330 g/mol. The van der Waals surface area contributed by atoms with Crippen molar-refractivity contribution in [2.24, 2.45) is 10.2 Å². The van der Waals surface area contributed by atoms with Gasteiger partial charge in [-0.25, -0.2) is 0 Å². The van der Waals surface area contributed by atoms with E-state index < -0.39 is 0 Å². The lowest BCUT2D eigenvalue weighted by atomic mass is 10.0. The predicted molar refractivity (Wildman–Crippen MR) is 104 cm³/mol. The quantitative estimate of drug-likeness (QED) is 0.617. The highest BCUT2D eigenvalue weighted by atomic mass is 32.1. The molecule has 1 fully saturated rings.